The number of methoxy groups -OCH3 is 2. The zero-order chi connectivity index (χ0) is 13.8. The molecule has 0 radical (unpaired) electrons. The lowest BCUT2D eigenvalue weighted by atomic mass is 10.1. The molecule has 7 nitrogen and oxygen atoms in total. The van der Waals surface area contributed by atoms with Gasteiger partial charge in [0.25, 0.3) is 0 Å². The molecule has 0 amide bonds. The topological polar surface area (TPSA) is 80.9 Å². The van der Waals surface area contributed by atoms with Gasteiger partial charge in [-0.15, -0.1) is 0 Å². The molecule has 104 valence electrons. The number of H-pyrrole nitrogens is 1. The lowest BCUT2D eigenvalue weighted by molar-refractivity contribution is 0.0556. The first-order valence-electron chi connectivity index (χ1n) is 5.89. The van der Waals surface area contributed by atoms with Crippen molar-refractivity contribution in [2.75, 3.05) is 45.4 Å². The number of carbonyl (C=O) groups excluding carboxylic acids is 2. The second-order valence-electron chi connectivity index (χ2n) is 4.01. The molecule has 1 aromatic heterocycles. The molecule has 1 N–H and O–H groups in total. The molecule has 2 rings (SSSR count). The number of nitrogens with zero attached hydrogens (tertiary/aromatic N) is 1. The average Bonchev–Trinajstić information content (AvgIpc) is 2.91. The first-order valence-corrected chi connectivity index (χ1v) is 5.89. The van der Waals surface area contributed by atoms with Gasteiger partial charge in [0.05, 0.1) is 33.0 Å². The predicted octanol–water partition coefficient (Wildman–Crippen LogP) is 0.424. The molecule has 1 aromatic rings. The third kappa shape index (κ3) is 2.55. The maximum Gasteiger partial charge on any atom is 0.342 e. The highest BCUT2D eigenvalue weighted by Gasteiger charge is 2.28. The summed E-state index contributed by atoms with van der Waals surface area (Å²) in [6.07, 6.45) is 1.46. The van der Waals surface area contributed by atoms with Gasteiger partial charge in [-0.05, 0) is 0 Å². The molecular weight excluding hydrogens is 252 g/mol. The fraction of sp³-hybridized carbons (Fsp3) is 0.500. The van der Waals surface area contributed by atoms with Crippen molar-refractivity contribution in [1.82, 2.24) is 4.98 Å². The number of carbonyl (C=O) groups is 2. The van der Waals surface area contributed by atoms with E-state index in [1.165, 1.54) is 20.4 Å². The van der Waals surface area contributed by atoms with Crippen LogP contribution in [0.25, 0.3) is 0 Å². The molecule has 7 heteroatoms. The Labute approximate surface area is 110 Å². The van der Waals surface area contributed by atoms with Gasteiger partial charge in [-0.3, -0.25) is 0 Å². The monoisotopic (exact) mass is 268 g/mol. The Hall–Kier alpha value is -2.02. The second kappa shape index (κ2) is 5.75. The highest BCUT2D eigenvalue weighted by Crippen LogP contribution is 2.25. The molecule has 0 bridgehead atoms. The van der Waals surface area contributed by atoms with Gasteiger partial charge in [0.15, 0.2) is 0 Å². The van der Waals surface area contributed by atoms with Crippen molar-refractivity contribution in [2.24, 2.45) is 0 Å². The molecule has 0 atom stereocenters. The molecule has 0 saturated carbocycles. The summed E-state index contributed by atoms with van der Waals surface area (Å²) in [5, 5.41) is 0. The van der Waals surface area contributed by atoms with E-state index in [4.69, 9.17) is 9.47 Å². The van der Waals surface area contributed by atoms with Gasteiger partial charge in [0, 0.05) is 19.3 Å². The van der Waals surface area contributed by atoms with E-state index in [1.807, 2.05) is 4.90 Å². The van der Waals surface area contributed by atoms with Crippen molar-refractivity contribution in [3.05, 3.63) is 17.3 Å². The fourth-order valence-corrected chi connectivity index (χ4v) is 2.03. The van der Waals surface area contributed by atoms with Crippen LogP contribution in [0.4, 0.5) is 5.82 Å². The van der Waals surface area contributed by atoms with Crippen molar-refractivity contribution < 1.29 is 23.8 Å². The Kier molecular flexibility index (Phi) is 4.06. The summed E-state index contributed by atoms with van der Waals surface area (Å²) < 4.78 is 14.7. The summed E-state index contributed by atoms with van der Waals surface area (Å²) in [5.41, 5.74) is 0.382. The van der Waals surface area contributed by atoms with Gasteiger partial charge in [-0.25, -0.2) is 9.59 Å². The molecule has 0 spiro atoms. The Bertz CT molecular complexity index is 476. The van der Waals surface area contributed by atoms with Gasteiger partial charge in [0.1, 0.15) is 11.4 Å². The molecule has 0 aromatic carbocycles. The SMILES string of the molecule is COC(=O)c1c[nH]c(N2CCOCC2)c1C(=O)OC. The van der Waals surface area contributed by atoms with E-state index in [9.17, 15) is 9.59 Å². The van der Waals surface area contributed by atoms with E-state index >= 15 is 0 Å². The smallest absolute Gasteiger partial charge is 0.342 e. The van der Waals surface area contributed by atoms with Gasteiger partial charge < -0.3 is 24.1 Å². The summed E-state index contributed by atoms with van der Waals surface area (Å²) in [6.45, 7) is 2.44. The Morgan fingerprint density at radius 2 is 1.84 bits per heavy atom. The van der Waals surface area contributed by atoms with Crippen molar-refractivity contribution in [3.63, 3.8) is 0 Å². The number of morpholine rings is 1. The van der Waals surface area contributed by atoms with Crippen LogP contribution in [-0.4, -0.2) is 57.4 Å². The summed E-state index contributed by atoms with van der Waals surface area (Å²) >= 11 is 0. The second-order valence-corrected chi connectivity index (χ2v) is 4.01. The molecule has 2 heterocycles. The molecule has 1 fully saturated rings. The Morgan fingerprint density at radius 1 is 1.21 bits per heavy atom. The minimum absolute atomic E-state index is 0.177. The standard InChI is InChI=1S/C12H16N2O5/c1-17-11(15)8-7-13-10(9(8)12(16)18-2)14-3-5-19-6-4-14/h7,13H,3-6H2,1-2H3. The van der Waals surface area contributed by atoms with Gasteiger partial charge in [0.2, 0.25) is 0 Å². The van der Waals surface area contributed by atoms with Gasteiger partial charge in [-0.1, -0.05) is 0 Å². The summed E-state index contributed by atoms with van der Waals surface area (Å²) in [4.78, 5) is 28.4. The molecule has 0 aliphatic carbocycles. The van der Waals surface area contributed by atoms with Crippen LogP contribution in [0.2, 0.25) is 0 Å². The lowest BCUT2D eigenvalue weighted by Gasteiger charge is -2.28. The Morgan fingerprint density at radius 3 is 2.42 bits per heavy atom. The van der Waals surface area contributed by atoms with Crippen LogP contribution < -0.4 is 4.90 Å². The van der Waals surface area contributed by atoms with Crippen molar-refractivity contribution >= 4 is 17.8 Å². The summed E-state index contributed by atoms with van der Waals surface area (Å²) in [5.74, 6) is -0.574. The van der Waals surface area contributed by atoms with Crippen LogP contribution in [0.1, 0.15) is 20.7 Å². The van der Waals surface area contributed by atoms with Crippen LogP contribution in [0.15, 0.2) is 6.20 Å². The van der Waals surface area contributed by atoms with E-state index in [2.05, 4.69) is 9.72 Å². The van der Waals surface area contributed by atoms with Crippen molar-refractivity contribution in [2.45, 2.75) is 0 Å². The predicted molar refractivity (Wildman–Crippen MR) is 66.5 cm³/mol. The third-order valence-electron chi connectivity index (χ3n) is 2.98. The number of aromatic nitrogens is 1. The molecule has 1 aliphatic rings. The maximum absolute atomic E-state index is 11.9. The van der Waals surface area contributed by atoms with Crippen LogP contribution in [0, 0.1) is 0 Å². The number of ether oxygens (including phenoxy) is 3. The molecular formula is C12H16N2O5. The number of esters is 2. The molecule has 0 unspecified atom stereocenters. The summed E-state index contributed by atoms with van der Waals surface area (Å²) in [7, 11) is 2.55. The quantitative estimate of drug-likeness (QED) is 0.800. The number of hydrogen-bond donors (Lipinski definition) is 1. The number of aromatic amines is 1. The van der Waals surface area contributed by atoms with E-state index in [-0.39, 0.29) is 11.1 Å². The number of nitrogens with one attached hydrogen (secondary N) is 1. The largest absolute Gasteiger partial charge is 0.465 e. The molecule has 1 saturated heterocycles. The third-order valence-corrected chi connectivity index (χ3v) is 2.98. The average molecular weight is 268 g/mol. The Balaban J connectivity index is 2.39. The van der Waals surface area contributed by atoms with Gasteiger partial charge in [-0.2, -0.15) is 0 Å². The van der Waals surface area contributed by atoms with Crippen LogP contribution in [0.5, 0.6) is 0 Å². The van der Waals surface area contributed by atoms with E-state index in [0.29, 0.717) is 32.1 Å². The van der Waals surface area contributed by atoms with E-state index < -0.39 is 11.9 Å². The van der Waals surface area contributed by atoms with E-state index in [1.54, 1.807) is 0 Å². The fourth-order valence-electron chi connectivity index (χ4n) is 2.03. The minimum Gasteiger partial charge on any atom is -0.465 e. The van der Waals surface area contributed by atoms with E-state index in [0.717, 1.165) is 0 Å². The number of hydrogen-bond acceptors (Lipinski definition) is 6. The lowest BCUT2D eigenvalue weighted by Crippen LogP contribution is -2.37. The van der Waals surface area contributed by atoms with Crippen LogP contribution >= 0.6 is 0 Å². The zero-order valence-corrected chi connectivity index (χ0v) is 10.9. The van der Waals surface area contributed by atoms with Gasteiger partial charge >= 0.3 is 11.9 Å². The summed E-state index contributed by atoms with van der Waals surface area (Å²) in [6, 6.07) is 0. The number of rotatable bonds is 3. The van der Waals surface area contributed by atoms with Crippen molar-refractivity contribution in [3.8, 4) is 0 Å². The molecule has 19 heavy (non-hydrogen) atoms. The number of anilines is 1. The maximum atomic E-state index is 11.9. The first-order chi connectivity index (χ1) is 9.19. The van der Waals surface area contributed by atoms with Crippen molar-refractivity contribution in [1.29, 1.82) is 0 Å². The molecule has 1 aliphatic heterocycles. The highest BCUT2D eigenvalue weighted by atomic mass is 16.5. The zero-order valence-electron chi connectivity index (χ0n) is 10.9. The van der Waals surface area contributed by atoms with Crippen LogP contribution in [-0.2, 0) is 14.2 Å². The minimum atomic E-state index is -0.573. The normalized spacial score (nSPS) is 15.2. The van der Waals surface area contributed by atoms with Crippen LogP contribution in [0.3, 0.4) is 0 Å². The first kappa shape index (κ1) is 13.4. The highest BCUT2D eigenvalue weighted by molar-refractivity contribution is 6.07.